The Labute approximate surface area is 231 Å². The van der Waals surface area contributed by atoms with E-state index in [1.807, 2.05) is 23.1 Å². The number of nitrogens with two attached hydrogens (primary N) is 1. The van der Waals surface area contributed by atoms with Crippen molar-refractivity contribution in [3.05, 3.63) is 90.0 Å². The molecule has 8 nitrogen and oxygen atoms in total. The first-order valence-electron chi connectivity index (χ1n) is 12.9. The number of rotatable bonds is 12. The van der Waals surface area contributed by atoms with E-state index in [4.69, 9.17) is 20.6 Å². The van der Waals surface area contributed by atoms with E-state index in [1.165, 1.54) is 12.7 Å². The first kappa shape index (κ1) is 28.2. The van der Waals surface area contributed by atoms with Crippen molar-refractivity contribution in [2.45, 2.75) is 41.5 Å². The van der Waals surface area contributed by atoms with Crippen LogP contribution < -0.4 is 10.5 Å². The summed E-state index contributed by atoms with van der Waals surface area (Å²) in [5.41, 5.74) is 7.29. The van der Waals surface area contributed by atoms with Crippen LogP contribution in [0.5, 0.6) is 5.75 Å². The van der Waals surface area contributed by atoms with Crippen molar-refractivity contribution in [3.8, 4) is 5.75 Å². The molecule has 1 aliphatic heterocycles. The molecule has 3 aromatic rings. The highest BCUT2D eigenvalue weighted by molar-refractivity contribution is 7.91. The number of esters is 1. The summed E-state index contributed by atoms with van der Waals surface area (Å²) in [6.07, 6.45) is 2.25. The van der Waals surface area contributed by atoms with Gasteiger partial charge in [-0.3, -0.25) is 15.0 Å². The van der Waals surface area contributed by atoms with E-state index in [0.717, 1.165) is 12.8 Å². The molecule has 4 rings (SSSR count). The summed E-state index contributed by atoms with van der Waals surface area (Å²) >= 11 is -1.43. The van der Waals surface area contributed by atoms with Crippen molar-refractivity contribution in [3.63, 3.8) is 0 Å². The number of benzene rings is 3. The van der Waals surface area contributed by atoms with Crippen LogP contribution in [0.2, 0.25) is 0 Å². The van der Waals surface area contributed by atoms with Gasteiger partial charge in [0.25, 0.3) is 0 Å². The number of ether oxygens (including phenoxy) is 2. The van der Waals surface area contributed by atoms with Crippen LogP contribution in [-0.4, -0.2) is 53.5 Å². The molecule has 1 saturated heterocycles. The molecule has 1 amide bonds. The van der Waals surface area contributed by atoms with Gasteiger partial charge in [-0.05, 0) is 55.2 Å². The van der Waals surface area contributed by atoms with Gasteiger partial charge in [0.2, 0.25) is 5.91 Å². The number of aryl methyl sites for hydroxylation is 1. The maximum atomic E-state index is 13.1. The van der Waals surface area contributed by atoms with Crippen LogP contribution in [-0.2, 0) is 31.9 Å². The first-order valence-corrected chi connectivity index (χ1v) is 14.0. The highest BCUT2D eigenvalue weighted by atomic mass is 32.2. The van der Waals surface area contributed by atoms with Gasteiger partial charge in [-0.15, -0.1) is 0 Å². The first-order chi connectivity index (χ1) is 18.9. The van der Waals surface area contributed by atoms with Crippen LogP contribution in [0.25, 0.3) is 0 Å². The summed E-state index contributed by atoms with van der Waals surface area (Å²) in [6, 6.07) is 23.8. The van der Waals surface area contributed by atoms with Gasteiger partial charge in [0.05, 0.1) is 25.5 Å². The Bertz CT molecular complexity index is 1290. The van der Waals surface area contributed by atoms with Crippen molar-refractivity contribution >= 4 is 28.9 Å². The normalized spacial score (nSPS) is 17.6. The molecule has 3 atom stereocenters. The molecule has 3 aromatic carbocycles. The van der Waals surface area contributed by atoms with E-state index >= 15 is 0 Å². The van der Waals surface area contributed by atoms with Crippen LogP contribution in [0, 0.1) is 11.3 Å². The van der Waals surface area contributed by atoms with E-state index in [1.54, 1.807) is 48.5 Å². The van der Waals surface area contributed by atoms with E-state index in [-0.39, 0.29) is 30.8 Å². The fraction of sp³-hybridized carbons (Fsp3) is 0.300. The van der Waals surface area contributed by atoms with Gasteiger partial charge >= 0.3 is 5.97 Å². The smallest absolute Gasteiger partial charge is 0.306 e. The lowest BCUT2D eigenvalue weighted by Crippen LogP contribution is -2.38. The number of hydrogen-bond donors (Lipinski definition) is 2. The SMILES string of the molecule is COC(=O)C[C@@H]1C[C@@H](COc2ccc([S+]([O-])c3cccc(C(=N)N)c3)cc2)N(CCCc2ccccc2)C1=O. The summed E-state index contributed by atoms with van der Waals surface area (Å²) < 4.78 is 23.9. The summed E-state index contributed by atoms with van der Waals surface area (Å²) in [6.45, 7) is 0.870. The van der Waals surface area contributed by atoms with Crippen LogP contribution in [0.15, 0.2) is 88.7 Å². The van der Waals surface area contributed by atoms with Gasteiger partial charge < -0.3 is 24.7 Å². The lowest BCUT2D eigenvalue weighted by Gasteiger charge is -2.25. The van der Waals surface area contributed by atoms with E-state index < -0.39 is 23.1 Å². The molecule has 204 valence electrons. The second-order valence-corrected chi connectivity index (χ2v) is 11.0. The molecule has 0 bridgehead atoms. The lowest BCUT2D eigenvalue weighted by molar-refractivity contribution is -0.144. The Balaban J connectivity index is 1.38. The van der Waals surface area contributed by atoms with Gasteiger partial charge in [0.15, 0.2) is 9.79 Å². The molecule has 0 radical (unpaired) electrons. The molecular weight excluding hydrogens is 514 g/mol. The maximum Gasteiger partial charge on any atom is 0.306 e. The third-order valence-electron chi connectivity index (χ3n) is 6.82. The third-order valence-corrected chi connectivity index (χ3v) is 8.20. The van der Waals surface area contributed by atoms with Crippen LogP contribution in [0.4, 0.5) is 0 Å². The molecule has 1 heterocycles. The van der Waals surface area contributed by atoms with Crippen molar-refractivity contribution in [1.29, 1.82) is 5.41 Å². The number of likely N-dealkylation sites (tertiary alicyclic amines) is 1. The predicted octanol–water partition coefficient (Wildman–Crippen LogP) is 3.93. The van der Waals surface area contributed by atoms with Crippen molar-refractivity contribution < 1.29 is 23.6 Å². The topological polar surface area (TPSA) is 129 Å². The van der Waals surface area contributed by atoms with Gasteiger partial charge in [-0.1, -0.05) is 42.5 Å². The zero-order valence-corrected chi connectivity index (χ0v) is 22.7. The highest BCUT2D eigenvalue weighted by Crippen LogP contribution is 2.30. The molecule has 0 aromatic heterocycles. The summed E-state index contributed by atoms with van der Waals surface area (Å²) in [7, 11) is 1.33. The molecule has 1 fully saturated rings. The second-order valence-electron chi connectivity index (χ2n) is 9.48. The van der Waals surface area contributed by atoms with E-state index in [0.29, 0.717) is 34.1 Å². The fourth-order valence-corrected chi connectivity index (χ4v) is 5.83. The van der Waals surface area contributed by atoms with Crippen LogP contribution in [0.3, 0.4) is 0 Å². The molecule has 39 heavy (non-hydrogen) atoms. The molecule has 3 N–H and O–H groups in total. The number of amidine groups is 1. The Kier molecular flexibility index (Phi) is 9.62. The minimum atomic E-state index is -1.43. The highest BCUT2D eigenvalue weighted by Gasteiger charge is 2.40. The Hall–Kier alpha value is -3.82. The van der Waals surface area contributed by atoms with E-state index in [2.05, 4.69) is 12.1 Å². The number of amides is 1. The number of methoxy groups -OCH3 is 1. The van der Waals surface area contributed by atoms with Gasteiger partial charge in [0.1, 0.15) is 18.2 Å². The third kappa shape index (κ3) is 7.40. The quantitative estimate of drug-likeness (QED) is 0.153. The number of nitrogen functional groups attached to an aromatic ring is 1. The number of hydrogen-bond acceptors (Lipinski definition) is 6. The molecule has 1 aliphatic rings. The molecular formula is C30H33N3O5S. The summed E-state index contributed by atoms with van der Waals surface area (Å²) in [5, 5.41) is 7.60. The van der Waals surface area contributed by atoms with E-state index in [9.17, 15) is 14.1 Å². The van der Waals surface area contributed by atoms with Crippen molar-refractivity contribution in [2.75, 3.05) is 20.3 Å². The van der Waals surface area contributed by atoms with Gasteiger partial charge in [-0.2, -0.15) is 0 Å². The minimum Gasteiger partial charge on any atom is -0.606 e. The van der Waals surface area contributed by atoms with Gasteiger partial charge in [-0.25, -0.2) is 0 Å². The predicted molar refractivity (Wildman–Crippen MR) is 149 cm³/mol. The average Bonchev–Trinajstić information content (AvgIpc) is 3.25. The second kappa shape index (κ2) is 13.3. The zero-order chi connectivity index (χ0) is 27.8. The summed E-state index contributed by atoms with van der Waals surface area (Å²) in [5.74, 6) is -0.331. The Morgan fingerprint density at radius 3 is 2.51 bits per heavy atom. The number of carbonyl (C=O) groups is 2. The average molecular weight is 548 g/mol. The summed E-state index contributed by atoms with van der Waals surface area (Å²) in [4.78, 5) is 28.0. The van der Waals surface area contributed by atoms with Crippen LogP contribution in [0.1, 0.15) is 30.4 Å². The molecule has 0 saturated carbocycles. The monoisotopic (exact) mass is 547 g/mol. The number of carbonyl (C=O) groups excluding carboxylic acids is 2. The molecule has 0 aliphatic carbocycles. The number of nitrogens with zero attached hydrogens (tertiary/aromatic N) is 1. The van der Waals surface area contributed by atoms with Crippen molar-refractivity contribution in [1.82, 2.24) is 4.90 Å². The molecule has 0 spiro atoms. The maximum absolute atomic E-state index is 13.1. The Morgan fingerprint density at radius 1 is 1.08 bits per heavy atom. The molecule has 1 unspecified atom stereocenters. The zero-order valence-electron chi connectivity index (χ0n) is 21.9. The minimum absolute atomic E-state index is 0.0411. The fourth-order valence-electron chi connectivity index (χ4n) is 4.74. The van der Waals surface area contributed by atoms with Gasteiger partial charge in [0, 0.05) is 29.4 Å². The van der Waals surface area contributed by atoms with Crippen LogP contribution >= 0.6 is 0 Å². The lowest BCUT2D eigenvalue weighted by atomic mass is 10.0. The largest absolute Gasteiger partial charge is 0.606 e. The Morgan fingerprint density at radius 2 is 1.82 bits per heavy atom. The standard InChI is InChI=1S/C30H33N3O5S/c1-37-28(34)19-23-17-24(33(30(23)35)16-6-9-21-7-3-2-4-8-21)20-38-25-12-14-26(15-13-25)39(36)27-11-5-10-22(18-27)29(31)32/h2-5,7-8,10-15,18,23-24H,6,9,16-17,19-20H2,1H3,(H3,31,32)/t23-,24-,39?/m0/s1. The number of nitrogens with one attached hydrogen (secondary N) is 1. The van der Waals surface area contributed by atoms with Crippen molar-refractivity contribution in [2.24, 2.45) is 11.7 Å². The molecule has 9 heteroatoms.